The first-order valence-corrected chi connectivity index (χ1v) is 7.71. The summed E-state index contributed by atoms with van der Waals surface area (Å²) >= 11 is 0. The largest absolute Gasteiger partial charge is 0.363 e. The van der Waals surface area contributed by atoms with Gasteiger partial charge in [0.15, 0.2) is 0 Å². The first kappa shape index (κ1) is 14.3. The third-order valence-corrected chi connectivity index (χ3v) is 3.77. The lowest BCUT2D eigenvalue weighted by Crippen LogP contribution is -2.03. The summed E-state index contributed by atoms with van der Waals surface area (Å²) in [6, 6.07) is 18.0. The van der Waals surface area contributed by atoms with Gasteiger partial charge in [0.1, 0.15) is 5.82 Å². The molecule has 0 fully saturated rings. The fourth-order valence-corrected chi connectivity index (χ4v) is 2.62. The number of aromatic nitrogens is 4. The van der Waals surface area contributed by atoms with Crippen LogP contribution in [0, 0.1) is 0 Å². The second-order valence-electron chi connectivity index (χ2n) is 5.38. The van der Waals surface area contributed by atoms with Crippen molar-refractivity contribution in [3.8, 4) is 11.1 Å². The first-order chi connectivity index (χ1) is 11.9. The molecule has 0 aliphatic heterocycles. The van der Waals surface area contributed by atoms with Gasteiger partial charge < -0.3 is 5.32 Å². The van der Waals surface area contributed by atoms with E-state index >= 15 is 0 Å². The van der Waals surface area contributed by atoms with Crippen molar-refractivity contribution in [1.29, 1.82) is 0 Å². The van der Waals surface area contributed by atoms with E-state index in [4.69, 9.17) is 4.98 Å². The zero-order chi connectivity index (χ0) is 16.2. The minimum Gasteiger partial charge on any atom is -0.363 e. The van der Waals surface area contributed by atoms with Gasteiger partial charge >= 0.3 is 0 Å². The maximum Gasteiger partial charge on any atom is 0.148 e. The van der Waals surface area contributed by atoms with Gasteiger partial charge in [0.25, 0.3) is 0 Å². The number of rotatable bonds is 4. The highest BCUT2D eigenvalue weighted by atomic mass is 15.2. The van der Waals surface area contributed by atoms with Crippen LogP contribution in [0.25, 0.3) is 22.0 Å². The predicted molar refractivity (Wildman–Crippen MR) is 94.3 cm³/mol. The van der Waals surface area contributed by atoms with Crippen LogP contribution < -0.4 is 5.32 Å². The number of anilines is 1. The SMILES string of the molecule is c1cncc(-c2cccc3ccc(CNc4cccnn4)nc23)c1. The molecule has 116 valence electrons. The maximum absolute atomic E-state index is 4.83. The molecule has 5 nitrogen and oxygen atoms in total. The fourth-order valence-electron chi connectivity index (χ4n) is 2.62. The van der Waals surface area contributed by atoms with Crippen LogP contribution >= 0.6 is 0 Å². The summed E-state index contributed by atoms with van der Waals surface area (Å²) in [4.78, 5) is 9.04. The van der Waals surface area contributed by atoms with Crippen molar-refractivity contribution in [3.05, 3.63) is 78.9 Å². The van der Waals surface area contributed by atoms with Crippen molar-refractivity contribution in [2.45, 2.75) is 6.54 Å². The molecular formula is C19H15N5. The van der Waals surface area contributed by atoms with E-state index in [-0.39, 0.29) is 0 Å². The molecule has 24 heavy (non-hydrogen) atoms. The highest BCUT2D eigenvalue weighted by Crippen LogP contribution is 2.26. The topological polar surface area (TPSA) is 63.6 Å². The second-order valence-corrected chi connectivity index (χ2v) is 5.38. The normalized spacial score (nSPS) is 10.7. The Hall–Kier alpha value is -3.34. The van der Waals surface area contributed by atoms with E-state index in [2.05, 4.69) is 38.7 Å². The Bertz CT molecular complexity index is 955. The summed E-state index contributed by atoms with van der Waals surface area (Å²) in [6.45, 7) is 0.593. The third-order valence-electron chi connectivity index (χ3n) is 3.77. The van der Waals surface area contributed by atoms with Crippen molar-refractivity contribution in [2.75, 3.05) is 5.32 Å². The van der Waals surface area contributed by atoms with Crippen LogP contribution in [0.3, 0.4) is 0 Å². The van der Waals surface area contributed by atoms with Crippen LogP contribution in [0.5, 0.6) is 0 Å². The van der Waals surface area contributed by atoms with Gasteiger partial charge in [-0.2, -0.15) is 5.10 Å². The van der Waals surface area contributed by atoms with E-state index in [1.54, 1.807) is 12.4 Å². The van der Waals surface area contributed by atoms with Crippen LogP contribution in [0.4, 0.5) is 5.82 Å². The summed E-state index contributed by atoms with van der Waals surface area (Å²) < 4.78 is 0. The van der Waals surface area contributed by atoms with Crippen molar-refractivity contribution in [3.63, 3.8) is 0 Å². The standard InChI is InChI=1S/C19H15N5/c1-4-14-8-9-16(13-21-18-7-3-11-22-24-18)23-19(14)17(6-1)15-5-2-10-20-12-15/h1-12H,13H2,(H,21,24). The number of nitrogens with one attached hydrogen (secondary N) is 1. The fraction of sp³-hybridized carbons (Fsp3) is 0.0526. The first-order valence-electron chi connectivity index (χ1n) is 7.71. The van der Waals surface area contributed by atoms with Gasteiger partial charge in [0.2, 0.25) is 0 Å². The van der Waals surface area contributed by atoms with Crippen molar-refractivity contribution >= 4 is 16.7 Å². The molecular weight excluding hydrogens is 298 g/mol. The Morgan fingerprint density at radius 1 is 0.875 bits per heavy atom. The van der Waals surface area contributed by atoms with Crippen molar-refractivity contribution < 1.29 is 0 Å². The third kappa shape index (κ3) is 2.92. The quantitative estimate of drug-likeness (QED) is 0.622. The minimum absolute atomic E-state index is 0.593. The van der Waals surface area contributed by atoms with Crippen molar-refractivity contribution in [1.82, 2.24) is 20.2 Å². The molecule has 4 aromatic rings. The van der Waals surface area contributed by atoms with E-state index in [0.29, 0.717) is 6.54 Å². The van der Waals surface area contributed by atoms with Crippen LogP contribution in [-0.4, -0.2) is 20.2 Å². The monoisotopic (exact) mass is 313 g/mol. The summed E-state index contributed by atoms with van der Waals surface area (Å²) in [5, 5.41) is 12.2. The van der Waals surface area contributed by atoms with Gasteiger partial charge in [-0.3, -0.25) is 9.97 Å². The number of nitrogens with zero attached hydrogens (tertiary/aromatic N) is 4. The lowest BCUT2D eigenvalue weighted by molar-refractivity contribution is 0.984. The summed E-state index contributed by atoms with van der Waals surface area (Å²) in [6.07, 6.45) is 5.29. The highest BCUT2D eigenvalue weighted by molar-refractivity contribution is 5.93. The second kappa shape index (κ2) is 6.42. The predicted octanol–water partition coefficient (Wildman–Crippen LogP) is 3.70. The van der Waals surface area contributed by atoms with Crippen molar-refractivity contribution in [2.24, 2.45) is 0 Å². The summed E-state index contributed by atoms with van der Waals surface area (Å²) in [7, 11) is 0. The van der Waals surface area contributed by atoms with Gasteiger partial charge in [-0.05, 0) is 24.3 Å². The zero-order valence-electron chi connectivity index (χ0n) is 12.9. The molecule has 5 heteroatoms. The van der Waals surface area contributed by atoms with E-state index in [9.17, 15) is 0 Å². The van der Waals surface area contributed by atoms with E-state index < -0.39 is 0 Å². The van der Waals surface area contributed by atoms with Gasteiger partial charge in [0.05, 0.1) is 17.8 Å². The Morgan fingerprint density at radius 2 is 1.83 bits per heavy atom. The maximum atomic E-state index is 4.83. The molecule has 1 N–H and O–H groups in total. The zero-order valence-corrected chi connectivity index (χ0v) is 12.9. The molecule has 0 aliphatic rings. The number of hydrogen-bond acceptors (Lipinski definition) is 5. The molecule has 0 aliphatic carbocycles. The molecule has 3 aromatic heterocycles. The molecule has 1 aromatic carbocycles. The van der Waals surface area contributed by atoms with Gasteiger partial charge in [-0.1, -0.05) is 30.3 Å². The van der Waals surface area contributed by atoms with Gasteiger partial charge in [-0.15, -0.1) is 5.10 Å². The number of pyridine rings is 2. The molecule has 4 rings (SSSR count). The lowest BCUT2D eigenvalue weighted by Gasteiger charge is -2.09. The number of hydrogen-bond donors (Lipinski definition) is 1. The Labute approximate surface area is 139 Å². The average molecular weight is 313 g/mol. The van der Waals surface area contributed by atoms with E-state index in [1.165, 1.54) is 0 Å². The molecule has 0 bridgehead atoms. The Balaban J connectivity index is 1.69. The van der Waals surface area contributed by atoms with Gasteiger partial charge in [0, 0.05) is 35.1 Å². The highest BCUT2D eigenvalue weighted by Gasteiger charge is 2.06. The molecule has 3 heterocycles. The number of para-hydroxylation sites is 1. The molecule has 0 spiro atoms. The van der Waals surface area contributed by atoms with Crippen LogP contribution in [0.1, 0.15) is 5.69 Å². The molecule has 0 saturated carbocycles. The van der Waals surface area contributed by atoms with Crippen LogP contribution in [0.15, 0.2) is 73.2 Å². The molecule has 0 radical (unpaired) electrons. The van der Waals surface area contributed by atoms with E-state index in [1.807, 2.05) is 42.6 Å². The van der Waals surface area contributed by atoms with Gasteiger partial charge in [-0.25, -0.2) is 0 Å². The number of benzene rings is 1. The molecule has 0 atom stereocenters. The number of fused-ring (bicyclic) bond motifs is 1. The Morgan fingerprint density at radius 3 is 2.67 bits per heavy atom. The minimum atomic E-state index is 0.593. The van der Waals surface area contributed by atoms with Crippen LogP contribution in [0.2, 0.25) is 0 Å². The smallest absolute Gasteiger partial charge is 0.148 e. The van der Waals surface area contributed by atoms with Crippen LogP contribution in [-0.2, 0) is 6.54 Å². The Kier molecular flexibility index (Phi) is 3.81. The average Bonchev–Trinajstić information content (AvgIpc) is 2.67. The molecule has 0 saturated heterocycles. The molecule has 0 amide bonds. The van der Waals surface area contributed by atoms with E-state index in [0.717, 1.165) is 33.5 Å². The molecule has 0 unspecified atom stereocenters. The summed E-state index contributed by atoms with van der Waals surface area (Å²) in [5.74, 6) is 0.736. The lowest BCUT2D eigenvalue weighted by atomic mass is 10.0. The summed E-state index contributed by atoms with van der Waals surface area (Å²) in [5.41, 5.74) is 4.07.